The van der Waals surface area contributed by atoms with Crippen LogP contribution in [-0.2, 0) is 9.53 Å². The van der Waals surface area contributed by atoms with Crippen molar-refractivity contribution in [3.05, 3.63) is 0 Å². The molecule has 0 aromatic carbocycles. The molecule has 0 aliphatic carbocycles. The Morgan fingerprint density at radius 3 is 2.53 bits per heavy atom. The molecule has 0 radical (unpaired) electrons. The third kappa shape index (κ3) is 4.18. The Morgan fingerprint density at radius 2 is 2.00 bits per heavy atom. The van der Waals surface area contributed by atoms with Gasteiger partial charge in [-0.3, -0.25) is 4.79 Å². The third-order valence-corrected chi connectivity index (χ3v) is 2.92. The summed E-state index contributed by atoms with van der Waals surface area (Å²) in [5.74, 6) is 0.255. The Labute approximate surface area is 92.2 Å². The zero-order valence-corrected chi connectivity index (χ0v) is 10.0. The fraction of sp³-hybridized carbons (Fsp3) is 0.909. The monoisotopic (exact) mass is 214 g/mol. The Kier molecular flexibility index (Phi) is 5.05. The first-order chi connectivity index (χ1) is 7.11. The van der Waals surface area contributed by atoms with E-state index in [4.69, 9.17) is 4.74 Å². The number of morpholine rings is 1. The normalized spacial score (nSPS) is 17.5. The molecule has 0 spiro atoms. The number of carbonyl (C=O) groups is 1. The minimum Gasteiger partial charge on any atom is -0.378 e. The van der Waals surface area contributed by atoms with Crippen LogP contribution in [-0.4, -0.2) is 61.6 Å². The Balaban J connectivity index is 2.22. The lowest BCUT2D eigenvalue weighted by Gasteiger charge is -2.28. The Hall–Kier alpha value is -0.610. The lowest BCUT2D eigenvalue weighted by Crippen LogP contribution is -2.42. The van der Waals surface area contributed by atoms with E-state index in [2.05, 4.69) is 25.8 Å². The van der Waals surface area contributed by atoms with E-state index >= 15 is 0 Å². The molecular formula is C11H22N2O2. The molecule has 0 atom stereocenters. The highest BCUT2D eigenvalue weighted by molar-refractivity contribution is 5.76. The van der Waals surface area contributed by atoms with Gasteiger partial charge in [0.15, 0.2) is 0 Å². The van der Waals surface area contributed by atoms with Crippen molar-refractivity contribution in [2.45, 2.75) is 26.3 Å². The number of hydrogen-bond acceptors (Lipinski definition) is 3. The Morgan fingerprint density at radius 1 is 1.40 bits per heavy atom. The smallest absolute Gasteiger partial charge is 0.224 e. The average molecular weight is 214 g/mol. The number of carbonyl (C=O) groups excluding carboxylic acids is 1. The van der Waals surface area contributed by atoms with Crippen molar-refractivity contribution in [3.63, 3.8) is 0 Å². The van der Waals surface area contributed by atoms with Gasteiger partial charge in [-0.25, -0.2) is 0 Å². The van der Waals surface area contributed by atoms with E-state index in [1.165, 1.54) is 0 Å². The number of ether oxygens (including phenoxy) is 1. The number of amides is 1. The Bertz CT molecular complexity index is 201. The van der Waals surface area contributed by atoms with E-state index in [0.29, 0.717) is 25.7 Å². The van der Waals surface area contributed by atoms with Crippen LogP contribution in [0.3, 0.4) is 0 Å². The third-order valence-electron chi connectivity index (χ3n) is 2.92. The molecule has 1 saturated heterocycles. The molecule has 15 heavy (non-hydrogen) atoms. The molecule has 0 bridgehead atoms. The second-order valence-corrected chi connectivity index (χ2v) is 4.32. The van der Waals surface area contributed by atoms with E-state index in [9.17, 15) is 4.79 Å². The maximum Gasteiger partial charge on any atom is 0.224 e. The second kappa shape index (κ2) is 6.08. The van der Waals surface area contributed by atoms with Crippen LogP contribution >= 0.6 is 0 Å². The first-order valence-corrected chi connectivity index (χ1v) is 5.67. The quantitative estimate of drug-likeness (QED) is 0.686. The number of nitrogens with zero attached hydrogens (tertiary/aromatic N) is 2. The highest BCUT2D eigenvalue weighted by Gasteiger charge is 2.17. The van der Waals surface area contributed by atoms with Crippen LogP contribution in [0, 0.1) is 0 Å². The van der Waals surface area contributed by atoms with Gasteiger partial charge in [0.25, 0.3) is 0 Å². The van der Waals surface area contributed by atoms with Gasteiger partial charge in [-0.05, 0) is 20.9 Å². The van der Waals surface area contributed by atoms with Gasteiger partial charge >= 0.3 is 0 Å². The maximum atomic E-state index is 11.8. The van der Waals surface area contributed by atoms with E-state index in [1.54, 1.807) is 0 Å². The zero-order chi connectivity index (χ0) is 11.3. The van der Waals surface area contributed by atoms with Crippen molar-refractivity contribution in [1.29, 1.82) is 0 Å². The first kappa shape index (κ1) is 12.5. The van der Waals surface area contributed by atoms with E-state index in [0.717, 1.165) is 19.6 Å². The fourth-order valence-electron chi connectivity index (χ4n) is 1.50. The molecule has 1 aliphatic rings. The van der Waals surface area contributed by atoms with Gasteiger partial charge in [-0.2, -0.15) is 0 Å². The minimum atomic E-state index is 0.255. The molecule has 1 aliphatic heterocycles. The van der Waals surface area contributed by atoms with Crippen LogP contribution in [0.4, 0.5) is 0 Å². The molecule has 0 aromatic rings. The molecule has 1 rings (SSSR count). The predicted octanol–water partition coefficient (Wildman–Crippen LogP) is 0.575. The summed E-state index contributed by atoms with van der Waals surface area (Å²) in [5, 5.41) is 0. The molecule has 0 saturated carbocycles. The summed E-state index contributed by atoms with van der Waals surface area (Å²) >= 11 is 0. The lowest BCUT2D eigenvalue weighted by atomic mass is 10.3. The molecule has 0 unspecified atom stereocenters. The van der Waals surface area contributed by atoms with E-state index < -0.39 is 0 Å². The molecular weight excluding hydrogens is 192 g/mol. The van der Waals surface area contributed by atoms with Crippen molar-refractivity contribution in [2.75, 3.05) is 39.9 Å². The molecule has 88 valence electrons. The molecule has 1 fully saturated rings. The van der Waals surface area contributed by atoms with Crippen molar-refractivity contribution >= 4 is 5.91 Å². The number of rotatable bonds is 4. The average Bonchev–Trinajstić information content (AvgIpc) is 2.26. The molecule has 4 heteroatoms. The van der Waals surface area contributed by atoms with Crippen molar-refractivity contribution < 1.29 is 9.53 Å². The van der Waals surface area contributed by atoms with Gasteiger partial charge in [0.2, 0.25) is 5.91 Å². The van der Waals surface area contributed by atoms with Crippen LogP contribution in [0.5, 0.6) is 0 Å². The highest BCUT2D eigenvalue weighted by Crippen LogP contribution is 2.02. The fourth-order valence-corrected chi connectivity index (χ4v) is 1.50. The summed E-state index contributed by atoms with van der Waals surface area (Å²) in [7, 11) is 2.05. The van der Waals surface area contributed by atoms with Crippen LogP contribution in [0.25, 0.3) is 0 Å². The molecule has 1 amide bonds. The van der Waals surface area contributed by atoms with Gasteiger partial charge in [0.1, 0.15) is 0 Å². The summed E-state index contributed by atoms with van der Waals surface area (Å²) in [6.07, 6.45) is 0.620. The summed E-state index contributed by atoms with van der Waals surface area (Å²) in [4.78, 5) is 15.9. The number of hydrogen-bond donors (Lipinski definition) is 0. The highest BCUT2D eigenvalue weighted by atomic mass is 16.5. The minimum absolute atomic E-state index is 0.255. The van der Waals surface area contributed by atoms with Gasteiger partial charge < -0.3 is 14.5 Å². The van der Waals surface area contributed by atoms with Crippen LogP contribution in [0.15, 0.2) is 0 Å². The van der Waals surface area contributed by atoms with Gasteiger partial charge in [0.05, 0.1) is 13.2 Å². The standard InChI is InChI=1S/C11H22N2O2/c1-10(2)12(3)5-4-11(14)13-6-8-15-9-7-13/h10H,4-9H2,1-3H3. The largest absolute Gasteiger partial charge is 0.378 e. The van der Waals surface area contributed by atoms with Crippen molar-refractivity contribution in [3.8, 4) is 0 Å². The van der Waals surface area contributed by atoms with Crippen LogP contribution in [0.2, 0.25) is 0 Å². The second-order valence-electron chi connectivity index (χ2n) is 4.32. The van der Waals surface area contributed by atoms with E-state index in [1.807, 2.05) is 4.90 Å². The lowest BCUT2D eigenvalue weighted by molar-refractivity contribution is -0.135. The predicted molar refractivity (Wildman–Crippen MR) is 59.8 cm³/mol. The topological polar surface area (TPSA) is 32.8 Å². The first-order valence-electron chi connectivity index (χ1n) is 5.67. The van der Waals surface area contributed by atoms with Crippen LogP contribution in [0.1, 0.15) is 20.3 Å². The summed E-state index contributed by atoms with van der Waals surface area (Å²) in [6.45, 7) is 8.00. The van der Waals surface area contributed by atoms with Gasteiger partial charge in [0, 0.05) is 32.1 Å². The van der Waals surface area contributed by atoms with Crippen molar-refractivity contribution in [1.82, 2.24) is 9.80 Å². The summed E-state index contributed by atoms with van der Waals surface area (Å²) < 4.78 is 5.21. The summed E-state index contributed by atoms with van der Waals surface area (Å²) in [6, 6.07) is 0.502. The van der Waals surface area contributed by atoms with Gasteiger partial charge in [-0.15, -0.1) is 0 Å². The molecule has 0 aromatic heterocycles. The molecule has 0 N–H and O–H groups in total. The maximum absolute atomic E-state index is 11.8. The summed E-state index contributed by atoms with van der Waals surface area (Å²) in [5.41, 5.74) is 0. The zero-order valence-electron chi connectivity index (χ0n) is 10.0. The van der Waals surface area contributed by atoms with Crippen molar-refractivity contribution in [2.24, 2.45) is 0 Å². The SMILES string of the molecule is CC(C)N(C)CCC(=O)N1CCOCC1. The molecule has 4 nitrogen and oxygen atoms in total. The van der Waals surface area contributed by atoms with Crippen LogP contribution < -0.4 is 0 Å². The van der Waals surface area contributed by atoms with E-state index in [-0.39, 0.29) is 5.91 Å². The van der Waals surface area contributed by atoms with Gasteiger partial charge in [-0.1, -0.05) is 0 Å². The molecule has 1 heterocycles.